The molecule has 3 heteroatoms. The number of aliphatic hydroxyl groups is 1. The molecule has 0 aliphatic carbocycles. The van der Waals surface area contributed by atoms with Gasteiger partial charge in [0.15, 0.2) is 0 Å². The molecule has 1 aliphatic rings. The van der Waals surface area contributed by atoms with Gasteiger partial charge in [0.05, 0.1) is 6.61 Å². The Morgan fingerprint density at radius 1 is 1.36 bits per heavy atom. The molecule has 0 aromatic heterocycles. The summed E-state index contributed by atoms with van der Waals surface area (Å²) in [6, 6.07) is 9.15. The molecule has 1 fully saturated rings. The highest BCUT2D eigenvalue weighted by molar-refractivity contribution is 14.1. The lowest BCUT2D eigenvalue weighted by molar-refractivity contribution is 0.251. The minimum absolute atomic E-state index is 0.250. The van der Waals surface area contributed by atoms with E-state index >= 15 is 0 Å². The summed E-state index contributed by atoms with van der Waals surface area (Å²) in [6.45, 7) is 0.250. The Balaban J connectivity index is 2.13. The summed E-state index contributed by atoms with van der Waals surface area (Å²) in [7, 11) is 0. The second kappa shape index (κ2) is 4.59. The van der Waals surface area contributed by atoms with Gasteiger partial charge in [0, 0.05) is 15.7 Å². The lowest BCUT2D eigenvalue weighted by atomic mass is 10.1. The molecule has 14 heavy (non-hydrogen) atoms. The van der Waals surface area contributed by atoms with Crippen LogP contribution in [0.15, 0.2) is 24.3 Å². The maximum atomic E-state index is 9.04. The Morgan fingerprint density at radius 2 is 2.14 bits per heavy atom. The Labute approximate surface area is 97.9 Å². The molecule has 2 atom stereocenters. The molecule has 0 saturated carbocycles. The summed E-state index contributed by atoms with van der Waals surface area (Å²) < 4.78 is 1.31. The smallest absolute Gasteiger partial charge is 0.0584 e. The van der Waals surface area contributed by atoms with Gasteiger partial charge in [-0.1, -0.05) is 18.2 Å². The Hall–Kier alpha value is -0.130. The van der Waals surface area contributed by atoms with E-state index in [1.165, 1.54) is 9.13 Å². The van der Waals surface area contributed by atoms with Crippen molar-refractivity contribution in [3.8, 4) is 0 Å². The quantitative estimate of drug-likeness (QED) is 0.820. The molecule has 0 radical (unpaired) electrons. The van der Waals surface area contributed by atoms with Crippen molar-refractivity contribution in [3.63, 3.8) is 0 Å². The number of hydrogen-bond acceptors (Lipinski definition) is 2. The molecule has 0 bridgehead atoms. The Kier molecular flexibility index (Phi) is 3.41. The summed E-state index contributed by atoms with van der Waals surface area (Å²) in [5, 5.41) is 12.5. The molecule has 2 unspecified atom stereocenters. The third-order valence-corrected chi connectivity index (χ3v) is 3.72. The molecule has 1 aliphatic heterocycles. The van der Waals surface area contributed by atoms with Crippen LogP contribution in [0, 0.1) is 3.57 Å². The maximum absolute atomic E-state index is 9.04. The fourth-order valence-corrected chi connectivity index (χ4v) is 2.73. The molecule has 76 valence electrons. The lowest BCUT2D eigenvalue weighted by Gasteiger charge is -2.14. The molecule has 0 amide bonds. The molecular weight excluding hydrogens is 289 g/mol. The van der Waals surface area contributed by atoms with Gasteiger partial charge in [0.25, 0.3) is 0 Å². The fourth-order valence-electron chi connectivity index (χ4n) is 1.97. The predicted molar refractivity (Wildman–Crippen MR) is 65.1 cm³/mol. The van der Waals surface area contributed by atoms with Crippen molar-refractivity contribution in [1.29, 1.82) is 0 Å². The molecule has 0 spiro atoms. The van der Waals surface area contributed by atoms with Crippen molar-refractivity contribution >= 4 is 22.6 Å². The monoisotopic (exact) mass is 303 g/mol. The van der Waals surface area contributed by atoms with Crippen LogP contribution in [0.1, 0.15) is 24.4 Å². The average Bonchev–Trinajstić information content (AvgIpc) is 2.67. The zero-order valence-electron chi connectivity index (χ0n) is 7.91. The van der Waals surface area contributed by atoms with Crippen LogP contribution in [-0.2, 0) is 0 Å². The SMILES string of the molecule is OCC1CCC(c2ccccc2I)N1. The molecule has 1 heterocycles. The molecule has 1 aromatic carbocycles. The van der Waals surface area contributed by atoms with Crippen molar-refractivity contribution in [2.45, 2.75) is 24.9 Å². The fraction of sp³-hybridized carbons (Fsp3) is 0.455. The second-order valence-electron chi connectivity index (χ2n) is 3.70. The van der Waals surface area contributed by atoms with E-state index in [1.54, 1.807) is 0 Å². The summed E-state index contributed by atoms with van der Waals surface area (Å²) in [6.07, 6.45) is 2.21. The summed E-state index contributed by atoms with van der Waals surface area (Å²) in [5.41, 5.74) is 1.36. The van der Waals surface area contributed by atoms with Crippen molar-refractivity contribution in [1.82, 2.24) is 5.32 Å². The van der Waals surface area contributed by atoms with Crippen molar-refractivity contribution in [3.05, 3.63) is 33.4 Å². The molecule has 1 saturated heterocycles. The third kappa shape index (κ3) is 2.10. The second-order valence-corrected chi connectivity index (χ2v) is 4.86. The number of hydrogen-bond donors (Lipinski definition) is 2. The number of rotatable bonds is 2. The third-order valence-electron chi connectivity index (χ3n) is 2.74. The standard InChI is InChI=1S/C11H14INO/c12-10-4-2-1-3-9(10)11-6-5-8(7-14)13-11/h1-4,8,11,13-14H,5-7H2. The van der Waals surface area contributed by atoms with E-state index in [2.05, 4.69) is 52.2 Å². The van der Waals surface area contributed by atoms with Crippen LogP contribution < -0.4 is 5.32 Å². The Morgan fingerprint density at radius 3 is 2.79 bits per heavy atom. The first-order chi connectivity index (χ1) is 6.81. The van der Waals surface area contributed by atoms with Gasteiger partial charge in [-0.3, -0.25) is 0 Å². The molecule has 2 rings (SSSR count). The summed E-state index contributed by atoms with van der Waals surface area (Å²) in [5.74, 6) is 0. The van der Waals surface area contributed by atoms with Crippen LogP contribution >= 0.6 is 22.6 Å². The highest BCUT2D eigenvalue weighted by atomic mass is 127. The minimum atomic E-state index is 0.250. The summed E-state index contributed by atoms with van der Waals surface area (Å²) in [4.78, 5) is 0. The summed E-state index contributed by atoms with van der Waals surface area (Å²) >= 11 is 2.37. The van der Waals surface area contributed by atoms with E-state index in [4.69, 9.17) is 5.11 Å². The van der Waals surface area contributed by atoms with E-state index in [1.807, 2.05) is 0 Å². The van der Waals surface area contributed by atoms with Gasteiger partial charge in [-0.25, -0.2) is 0 Å². The average molecular weight is 303 g/mol. The van der Waals surface area contributed by atoms with Gasteiger partial charge >= 0.3 is 0 Å². The minimum Gasteiger partial charge on any atom is -0.395 e. The highest BCUT2D eigenvalue weighted by Crippen LogP contribution is 2.29. The van der Waals surface area contributed by atoms with Crippen LogP contribution in [0.2, 0.25) is 0 Å². The van der Waals surface area contributed by atoms with E-state index in [-0.39, 0.29) is 12.6 Å². The van der Waals surface area contributed by atoms with Crippen molar-refractivity contribution < 1.29 is 5.11 Å². The van der Waals surface area contributed by atoms with E-state index in [0.717, 1.165) is 12.8 Å². The molecule has 2 N–H and O–H groups in total. The van der Waals surface area contributed by atoms with E-state index in [0.29, 0.717) is 6.04 Å². The number of nitrogens with one attached hydrogen (secondary N) is 1. The first-order valence-corrected chi connectivity index (χ1v) is 6.00. The first-order valence-electron chi connectivity index (χ1n) is 4.92. The van der Waals surface area contributed by atoms with E-state index in [9.17, 15) is 0 Å². The zero-order valence-corrected chi connectivity index (χ0v) is 10.1. The van der Waals surface area contributed by atoms with Crippen LogP contribution in [0.25, 0.3) is 0 Å². The maximum Gasteiger partial charge on any atom is 0.0584 e. The normalized spacial score (nSPS) is 26.7. The topological polar surface area (TPSA) is 32.3 Å². The van der Waals surface area contributed by atoms with Crippen LogP contribution in [0.5, 0.6) is 0 Å². The molecule has 1 aromatic rings. The van der Waals surface area contributed by atoms with E-state index < -0.39 is 0 Å². The first kappa shape index (κ1) is 10.4. The van der Waals surface area contributed by atoms with Gasteiger partial charge in [0.1, 0.15) is 0 Å². The zero-order chi connectivity index (χ0) is 9.97. The van der Waals surface area contributed by atoms with Gasteiger partial charge in [-0.15, -0.1) is 0 Å². The number of aliphatic hydroxyl groups excluding tert-OH is 1. The van der Waals surface area contributed by atoms with Gasteiger partial charge < -0.3 is 10.4 Å². The van der Waals surface area contributed by atoms with Crippen LogP contribution in [-0.4, -0.2) is 17.8 Å². The van der Waals surface area contributed by atoms with Crippen molar-refractivity contribution in [2.75, 3.05) is 6.61 Å². The Bertz CT molecular complexity index is 316. The van der Waals surface area contributed by atoms with Gasteiger partial charge in [-0.2, -0.15) is 0 Å². The largest absolute Gasteiger partial charge is 0.395 e. The van der Waals surface area contributed by atoms with Gasteiger partial charge in [-0.05, 0) is 47.1 Å². The van der Waals surface area contributed by atoms with Crippen molar-refractivity contribution in [2.24, 2.45) is 0 Å². The van der Waals surface area contributed by atoms with Gasteiger partial charge in [0.2, 0.25) is 0 Å². The lowest BCUT2D eigenvalue weighted by Crippen LogP contribution is -2.27. The predicted octanol–water partition coefficient (Wildman–Crippen LogP) is 2.08. The molecule has 2 nitrogen and oxygen atoms in total. The van der Waals surface area contributed by atoms with Crippen LogP contribution in [0.4, 0.5) is 0 Å². The number of benzene rings is 1. The highest BCUT2D eigenvalue weighted by Gasteiger charge is 2.24. The number of halogens is 1. The van der Waals surface area contributed by atoms with Crippen LogP contribution in [0.3, 0.4) is 0 Å². The molecular formula is C11H14INO.